The third kappa shape index (κ3) is 4.39. The SMILES string of the molecule is Nc1c(/C=C\Cc2ccc3ccc4cccc5ccc2c3c45)ccc2ccc(-c3ccc(C4C=CC=C(F)N4)cc3)nc12. The second kappa shape index (κ2) is 10.1. The summed E-state index contributed by atoms with van der Waals surface area (Å²) in [5.41, 5.74) is 13.2. The van der Waals surface area contributed by atoms with Crippen LogP contribution in [-0.4, -0.2) is 4.98 Å². The van der Waals surface area contributed by atoms with E-state index in [2.05, 4.69) is 90.3 Å². The lowest BCUT2D eigenvalue weighted by Gasteiger charge is -2.18. The van der Waals surface area contributed by atoms with Crippen LogP contribution in [0.25, 0.3) is 60.6 Å². The van der Waals surface area contributed by atoms with Crippen LogP contribution in [0.4, 0.5) is 10.1 Å². The van der Waals surface area contributed by atoms with Crippen molar-refractivity contribution < 1.29 is 4.39 Å². The van der Waals surface area contributed by atoms with Crippen molar-refractivity contribution in [1.29, 1.82) is 0 Å². The minimum atomic E-state index is -0.330. The molecule has 1 aromatic heterocycles. The van der Waals surface area contributed by atoms with E-state index in [1.807, 2.05) is 36.4 Å². The summed E-state index contributed by atoms with van der Waals surface area (Å²) in [4.78, 5) is 4.96. The Bertz CT molecular complexity index is 2240. The quantitative estimate of drug-likeness (QED) is 0.126. The van der Waals surface area contributed by atoms with Crippen LogP contribution in [0.15, 0.2) is 133 Å². The lowest BCUT2D eigenvalue weighted by Crippen LogP contribution is -2.18. The van der Waals surface area contributed by atoms with Crippen molar-refractivity contribution >= 4 is 55.0 Å². The molecule has 1 aliphatic heterocycles. The summed E-state index contributed by atoms with van der Waals surface area (Å²) in [6.45, 7) is 0. The van der Waals surface area contributed by atoms with Crippen molar-refractivity contribution in [3.05, 3.63) is 150 Å². The van der Waals surface area contributed by atoms with Gasteiger partial charge in [-0.15, -0.1) is 0 Å². The fraction of sp³-hybridized carbons (Fsp3) is 0.0513. The molecule has 206 valence electrons. The van der Waals surface area contributed by atoms with Gasteiger partial charge < -0.3 is 11.1 Å². The van der Waals surface area contributed by atoms with E-state index in [-0.39, 0.29) is 12.0 Å². The summed E-state index contributed by atoms with van der Waals surface area (Å²) >= 11 is 0. The Morgan fingerprint density at radius 1 is 0.767 bits per heavy atom. The van der Waals surface area contributed by atoms with Gasteiger partial charge in [0, 0.05) is 10.9 Å². The number of hydrogen-bond acceptors (Lipinski definition) is 3. The van der Waals surface area contributed by atoms with Crippen LogP contribution in [0.5, 0.6) is 0 Å². The smallest absolute Gasteiger partial charge is 0.187 e. The molecule has 0 aliphatic carbocycles. The van der Waals surface area contributed by atoms with E-state index in [1.54, 1.807) is 6.08 Å². The average molecular weight is 558 g/mol. The molecule has 8 rings (SSSR count). The van der Waals surface area contributed by atoms with Crippen molar-refractivity contribution in [3.63, 3.8) is 0 Å². The molecular formula is C39H28FN3. The Morgan fingerprint density at radius 3 is 2.30 bits per heavy atom. The van der Waals surface area contributed by atoms with E-state index < -0.39 is 0 Å². The molecule has 2 heterocycles. The minimum Gasteiger partial charge on any atom is -0.396 e. The predicted octanol–water partition coefficient (Wildman–Crippen LogP) is 9.65. The Morgan fingerprint density at radius 2 is 1.49 bits per heavy atom. The number of allylic oxidation sites excluding steroid dienone is 3. The molecule has 0 fully saturated rings. The molecule has 3 nitrogen and oxygen atoms in total. The van der Waals surface area contributed by atoms with Gasteiger partial charge in [0.25, 0.3) is 0 Å². The van der Waals surface area contributed by atoms with E-state index >= 15 is 0 Å². The highest BCUT2D eigenvalue weighted by Gasteiger charge is 2.13. The van der Waals surface area contributed by atoms with Crippen LogP contribution in [0.1, 0.15) is 22.7 Å². The number of pyridine rings is 1. The van der Waals surface area contributed by atoms with Gasteiger partial charge in [-0.1, -0.05) is 121 Å². The Balaban J connectivity index is 1.08. The number of halogens is 1. The van der Waals surface area contributed by atoms with Crippen molar-refractivity contribution in [2.75, 3.05) is 5.73 Å². The fourth-order valence-corrected chi connectivity index (χ4v) is 6.37. The molecule has 3 N–H and O–H groups in total. The zero-order chi connectivity index (χ0) is 28.9. The predicted molar refractivity (Wildman–Crippen MR) is 179 cm³/mol. The average Bonchev–Trinajstić information content (AvgIpc) is 3.05. The number of nitrogen functional groups attached to an aromatic ring is 1. The standard InChI is InChI=1S/C39H28FN3/c40-35-9-3-8-33(42-35)25-11-13-26(14-12-25)34-23-21-31-19-18-30(38(41)39(31)43-34)7-1-4-24-10-15-29-17-16-27-5-2-6-28-20-22-32(24)37(29)36(27)28/h1-3,5-23,33,42H,4,41H2/b7-1-. The maximum absolute atomic E-state index is 13.7. The highest BCUT2D eigenvalue weighted by atomic mass is 19.1. The summed E-state index contributed by atoms with van der Waals surface area (Å²) in [6.07, 6.45) is 10.2. The summed E-state index contributed by atoms with van der Waals surface area (Å²) in [6, 6.07) is 36.0. The van der Waals surface area contributed by atoms with Gasteiger partial charge in [-0.25, -0.2) is 4.98 Å². The number of nitrogens with two attached hydrogens (primary N) is 1. The van der Waals surface area contributed by atoms with Gasteiger partial charge in [0.2, 0.25) is 0 Å². The summed E-state index contributed by atoms with van der Waals surface area (Å²) in [5, 5.41) is 11.7. The van der Waals surface area contributed by atoms with Gasteiger partial charge in [-0.3, -0.25) is 0 Å². The minimum absolute atomic E-state index is 0.185. The highest BCUT2D eigenvalue weighted by molar-refractivity contribution is 6.23. The molecule has 1 atom stereocenters. The summed E-state index contributed by atoms with van der Waals surface area (Å²) in [7, 11) is 0. The van der Waals surface area contributed by atoms with E-state index in [0.717, 1.165) is 39.7 Å². The van der Waals surface area contributed by atoms with Crippen LogP contribution in [0.3, 0.4) is 0 Å². The van der Waals surface area contributed by atoms with Gasteiger partial charge in [0.05, 0.1) is 22.9 Å². The van der Waals surface area contributed by atoms with Crippen LogP contribution in [-0.2, 0) is 6.42 Å². The van der Waals surface area contributed by atoms with Gasteiger partial charge in [0.1, 0.15) is 0 Å². The number of nitrogens with one attached hydrogen (secondary N) is 1. The number of nitrogens with zero attached hydrogens (tertiary/aromatic N) is 1. The molecule has 0 radical (unpaired) electrons. The Labute approximate surface area is 248 Å². The molecule has 0 spiro atoms. The topological polar surface area (TPSA) is 50.9 Å². The molecule has 4 heteroatoms. The first-order valence-electron chi connectivity index (χ1n) is 14.5. The molecular weight excluding hydrogens is 529 g/mol. The molecule has 43 heavy (non-hydrogen) atoms. The molecule has 7 aromatic rings. The van der Waals surface area contributed by atoms with Gasteiger partial charge in [0.15, 0.2) is 5.95 Å². The summed E-state index contributed by atoms with van der Waals surface area (Å²) < 4.78 is 13.7. The third-order valence-corrected chi connectivity index (χ3v) is 8.59. The molecule has 0 saturated heterocycles. The second-order valence-corrected chi connectivity index (χ2v) is 11.2. The number of dihydropyridines is 1. The second-order valence-electron chi connectivity index (χ2n) is 11.2. The van der Waals surface area contributed by atoms with Crippen LogP contribution in [0, 0.1) is 0 Å². The number of benzene rings is 6. The highest BCUT2D eigenvalue weighted by Crippen LogP contribution is 2.36. The van der Waals surface area contributed by atoms with E-state index in [9.17, 15) is 4.39 Å². The van der Waals surface area contributed by atoms with Crippen molar-refractivity contribution in [3.8, 4) is 11.3 Å². The molecule has 0 bridgehead atoms. The number of rotatable bonds is 5. The van der Waals surface area contributed by atoms with Gasteiger partial charge in [-0.2, -0.15) is 4.39 Å². The summed E-state index contributed by atoms with van der Waals surface area (Å²) in [5.74, 6) is -0.330. The van der Waals surface area contributed by atoms with Crippen LogP contribution >= 0.6 is 0 Å². The van der Waals surface area contributed by atoms with Crippen LogP contribution < -0.4 is 11.1 Å². The number of hydrogen-bond donors (Lipinski definition) is 2. The molecule has 6 aromatic carbocycles. The molecule has 0 amide bonds. The van der Waals surface area contributed by atoms with Crippen LogP contribution in [0.2, 0.25) is 0 Å². The largest absolute Gasteiger partial charge is 0.396 e. The molecule has 1 unspecified atom stereocenters. The molecule has 1 aliphatic rings. The van der Waals surface area contributed by atoms with Gasteiger partial charge >= 0.3 is 0 Å². The lowest BCUT2D eigenvalue weighted by atomic mass is 9.91. The molecule has 0 saturated carbocycles. The Hall–Kier alpha value is -5.48. The number of fused-ring (bicyclic) bond motifs is 1. The number of aromatic nitrogens is 1. The first-order valence-corrected chi connectivity index (χ1v) is 14.5. The fourth-order valence-electron chi connectivity index (χ4n) is 6.37. The normalized spacial score (nSPS) is 15.2. The first kappa shape index (κ1) is 25.2. The monoisotopic (exact) mass is 557 g/mol. The zero-order valence-electron chi connectivity index (χ0n) is 23.4. The van der Waals surface area contributed by atoms with Crippen molar-refractivity contribution in [2.24, 2.45) is 0 Å². The van der Waals surface area contributed by atoms with Gasteiger partial charge in [-0.05, 0) is 67.6 Å². The maximum atomic E-state index is 13.7. The first-order chi connectivity index (χ1) is 21.1. The third-order valence-electron chi connectivity index (χ3n) is 8.59. The van der Waals surface area contributed by atoms with E-state index in [1.165, 1.54) is 44.0 Å². The Kier molecular flexibility index (Phi) is 5.93. The van der Waals surface area contributed by atoms with E-state index in [4.69, 9.17) is 10.7 Å². The number of anilines is 1. The van der Waals surface area contributed by atoms with Crippen molar-refractivity contribution in [1.82, 2.24) is 10.3 Å². The zero-order valence-corrected chi connectivity index (χ0v) is 23.4. The maximum Gasteiger partial charge on any atom is 0.187 e. The van der Waals surface area contributed by atoms with Crippen molar-refractivity contribution in [2.45, 2.75) is 12.5 Å². The van der Waals surface area contributed by atoms with E-state index in [0.29, 0.717) is 5.69 Å². The lowest BCUT2D eigenvalue weighted by molar-refractivity contribution is 0.510.